The highest BCUT2D eigenvalue weighted by Gasteiger charge is 2.18. The summed E-state index contributed by atoms with van der Waals surface area (Å²) in [6.45, 7) is 0.969. The number of aryl methyl sites for hydroxylation is 1. The molecule has 0 atom stereocenters. The van der Waals surface area contributed by atoms with Gasteiger partial charge >= 0.3 is 5.97 Å². The lowest BCUT2D eigenvalue weighted by Gasteiger charge is -2.11. The summed E-state index contributed by atoms with van der Waals surface area (Å²) in [5.41, 5.74) is 0.164. The molecule has 0 bridgehead atoms. The maximum Gasteiger partial charge on any atom is 0.342 e. The van der Waals surface area contributed by atoms with Crippen LogP contribution in [0.15, 0.2) is 33.8 Å². The van der Waals surface area contributed by atoms with E-state index in [9.17, 15) is 18.0 Å². The Morgan fingerprint density at radius 1 is 1.28 bits per heavy atom. The van der Waals surface area contributed by atoms with Crippen LogP contribution in [0.3, 0.4) is 0 Å². The summed E-state index contributed by atoms with van der Waals surface area (Å²) >= 11 is 11.8. The van der Waals surface area contributed by atoms with Crippen molar-refractivity contribution in [1.82, 2.24) is 0 Å². The van der Waals surface area contributed by atoms with E-state index in [2.05, 4.69) is 5.32 Å². The third kappa shape index (κ3) is 4.73. The van der Waals surface area contributed by atoms with E-state index in [-0.39, 0.29) is 26.2 Å². The number of amides is 1. The molecule has 134 valence electrons. The smallest absolute Gasteiger partial charge is 0.342 e. The summed E-state index contributed by atoms with van der Waals surface area (Å²) in [5.74, 6) is -1.10. The molecule has 0 fully saturated rings. The summed E-state index contributed by atoms with van der Waals surface area (Å²) in [4.78, 5) is 23.4. The maximum absolute atomic E-state index is 11.9. The maximum atomic E-state index is 11.9. The number of furan rings is 1. The van der Waals surface area contributed by atoms with Crippen molar-refractivity contribution in [2.45, 2.75) is 11.8 Å². The Morgan fingerprint density at radius 2 is 1.88 bits per heavy atom. The predicted molar refractivity (Wildman–Crippen MR) is 90.2 cm³/mol. The lowest BCUT2D eigenvalue weighted by molar-refractivity contribution is -0.119. The number of hydrogen-bond acceptors (Lipinski definition) is 6. The fraction of sp³-hybridized carbons (Fsp3) is 0.143. The Hall–Kier alpha value is -2.07. The monoisotopic (exact) mass is 406 g/mol. The molecule has 0 spiro atoms. The van der Waals surface area contributed by atoms with Crippen molar-refractivity contribution in [3.63, 3.8) is 0 Å². The van der Waals surface area contributed by atoms with Gasteiger partial charge in [0.25, 0.3) is 5.91 Å². The van der Waals surface area contributed by atoms with Gasteiger partial charge in [0.2, 0.25) is 10.0 Å². The molecule has 0 aliphatic heterocycles. The minimum absolute atomic E-state index is 0.0312. The molecule has 0 saturated heterocycles. The molecule has 2 aromatic rings. The molecule has 0 radical (unpaired) electrons. The van der Waals surface area contributed by atoms with Gasteiger partial charge in [-0.2, -0.15) is 0 Å². The molecule has 1 aromatic heterocycles. The number of nitrogens with one attached hydrogen (secondary N) is 1. The molecule has 0 aliphatic rings. The molecule has 2 rings (SSSR count). The van der Waals surface area contributed by atoms with Crippen molar-refractivity contribution in [2.75, 3.05) is 11.9 Å². The standard InChI is InChI=1S/C14H12Cl2N2O6S/c1-7-9(2-3-23-7)14(20)24-6-12(19)18-13-10(15)4-8(5-11(13)16)25(17,21)22/h2-5H,6H2,1H3,(H,18,19)(H2,17,21,22). The fourth-order valence-corrected chi connectivity index (χ4v) is 3.09. The van der Waals surface area contributed by atoms with Crippen LogP contribution < -0.4 is 10.5 Å². The number of hydrogen-bond donors (Lipinski definition) is 2. The van der Waals surface area contributed by atoms with Crippen LogP contribution in [-0.2, 0) is 19.6 Å². The van der Waals surface area contributed by atoms with Crippen molar-refractivity contribution in [1.29, 1.82) is 0 Å². The summed E-state index contributed by atoms with van der Waals surface area (Å²) in [5, 5.41) is 7.05. The van der Waals surface area contributed by atoms with Crippen LogP contribution in [0.1, 0.15) is 16.1 Å². The molecule has 3 N–H and O–H groups in total. The predicted octanol–water partition coefficient (Wildman–Crippen LogP) is 2.34. The summed E-state index contributed by atoms with van der Waals surface area (Å²) in [6, 6.07) is 3.49. The highest BCUT2D eigenvalue weighted by molar-refractivity contribution is 7.89. The van der Waals surface area contributed by atoms with Gasteiger partial charge < -0.3 is 14.5 Å². The number of anilines is 1. The van der Waals surface area contributed by atoms with Crippen molar-refractivity contribution in [3.8, 4) is 0 Å². The average molecular weight is 407 g/mol. The first kappa shape index (κ1) is 19.3. The van der Waals surface area contributed by atoms with E-state index < -0.39 is 28.5 Å². The summed E-state index contributed by atoms with van der Waals surface area (Å²) in [7, 11) is -4.00. The van der Waals surface area contributed by atoms with E-state index in [0.29, 0.717) is 5.76 Å². The summed E-state index contributed by atoms with van der Waals surface area (Å²) < 4.78 is 32.4. The number of ether oxygens (including phenoxy) is 1. The Labute approximate surface area is 152 Å². The van der Waals surface area contributed by atoms with Crippen molar-refractivity contribution >= 4 is 50.8 Å². The molecule has 1 heterocycles. The first-order valence-corrected chi connectivity index (χ1v) is 8.92. The summed E-state index contributed by atoms with van der Waals surface area (Å²) in [6.07, 6.45) is 1.32. The molecule has 0 saturated carbocycles. The largest absolute Gasteiger partial charge is 0.469 e. The number of primary sulfonamides is 1. The van der Waals surface area contributed by atoms with Gasteiger partial charge in [-0.05, 0) is 25.1 Å². The van der Waals surface area contributed by atoms with Gasteiger partial charge in [0.15, 0.2) is 6.61 Å². The quantitative estimate of drug-likeness (QED) is 0.732. The first-order valence-electron chi connectivity index (χ1n) is 6.62. The van der Waals surface area contributed by atoms with Gasteiger partial charge in [0.05, 0.1) is 26.9 Å². The molecule has 25 heavy (non-hydrogen) atoms. The lowest BCUT2D eigenvalue weighted by Crippen LogP contribution is -2.21. The Bertz CT molecular complexity index is 916. The SMILES string of the molecule is Cc1occc1C(=O)OCC(=O)Nc1c(Cl)cc(S(N)(=O)=O)cc1Cl. The lowest BCUT2D eigenvalue weighted by atomic mass is 10.3. The van der Waals surface area contributed by atoms with Gasteiger partial charge in [-0.25, -0.2) is 18.4 Å². The molecule has 11 heteroatoms. The normalized spacial score (nSPS) is 11.2. The van der Waals surface area contributed by atoms with Crippen LogP contribution in [0.5, 0.6) is 0 Å². The molecular weight excluding hydrogens is 395 g/mol. The number of carbonyl (C=O) groups excluding carboxylic acids is 2. The zero-order chi connectivity index (χ0) is 18.8. The number of esters is 1. The number of nitrogens with two attached hydrogens (primary N) is 1. The first-order chi connectivity index (χ1) is 11.6. The number of benzene rings is 1. The minimum atomic E-state index is -4.00. The Balaban J connectivity index is 2.06. The topological polar surface area (TPSA) is 129 Å². The number of carbonyl (C=O) groups is 2. The zero-order valence-corrected chi connectivity index (χ0v) is 15.0. The van der Waals surface area contributed by atoms with E-state index in [4.69, 9.17) is 37.5 Å². The second-order valence-corrected chi connectivity index (χ2v) is 7.20. The van der Waals surface area contributed by atoms with Gasteiger partial charge in [-0.1, -0.05) is 23.2 Å². The van der Waals surface area contributed by atoms with Gasteiger partial charge in [-0.15, -0.1) is 0 Å². The van der Waals surface area contributed by atoms with Crippen LogP contribution in [-0.4, -0.2) is 26.9 Å². The third-order valence-electron chi connectivity index (χ3n) is 3.02. The van der Waals surface area contributed by atoms with Crippen LogP contribution in [0.25, 0.3) is 0 Å². The van der Waals surface area contributed by atoms with Crippen molar-refractivity contribution < 1.29 is 27.2 Å². The fourth-order valence-electron chi connectivity index (χ4n) is 1.81. The number of halogens is 2. The van der Waals surface area contributed by atoms with Gasteiger partial charge in [0.1, 0.15) is 11.3 Å². The highest BCUT2D eigenvalue weighted by atomic mass is 35.5. The van der Waals surface area contributed by atoms with E-state index in [0.717, 1.165) is 12.1 Å². The second kappa shape index (κ2) is 7.44. The van der Waals surface area contributed by atoms with E-state index in [1.165, 1.54) is 12.3 Å². The number of sulfonamides is 1. The molecule has 8 nitrogen and oxygen atoms in total. The molecule has 1 amide bonds. The average Bonchev–Trinajstić information content (AvgIpc) is 2.93. The van der Waals surface area contributed by atoms with Crippen LogP contribution >= 0.6 is 23.2 Å². The van der Waals surface area contributed by atoms with Crippen LogP contribution in [0, 0.1) is 6.92 Å². The zero-order valence-electron chi connectivity index (χ0n) is 12.7. The molecule has 1 aromatic carbocycles. The van der Waals surface area contributed by atoms with E-state index in [1.54, 1.807) is 6.92 Å². The Morgan fingerprint density at radius 3 is 2.36 bits per heavy atom. The highest BCUT2D eigenvalue weighted by Crippen LogP contribution is 2.33. The number of rotatable bonds is 5. The second-order valence-electron chi connectivity index (χ2n) is 4.82. The van der Waals surface area contributed by atoms with E-state index in [1.807, 2.05) is 0 Å². The van der Waals surface area contributed by atoms with Gasteiger partial charge in [-0.3, -0.25) is 4.79 Å². The van der Waals surface area contributed by atoms with Gasteiger partial charge in [0, 0.05) is 0 Å². The van der Waals surface area contributed by atoms with Crippen LogP contribution in [0.4, 0.5) is 5.69 Å². The Kier molecular flexibility index (Phi) is 5.73. The third-order valence-corrected chi connectivity index (χ3v) is 4.51. The minimum Gasteiger partial charge on any atom is -0.469 e. The molecule has 0 unspecified atom stereocenters. The van der Waals surface area contributed by atoms with Crippen LogP contribution in [0.2, 0.25) is 10.0 Å². The van der Waals surface area contributed by atoms with E-state index >= 15 is 0 Å². The van der Waals surface area contributed by atoms with Crippen molar-refractivity contribution in [2.24, 2.45) is 5.14 Å². The molecule has 0 aliphatic carbocycles. The van der Waals surface area contributed by atoms with Crippen molar-refractivity contribution in [3.05, 3.63) is 45.8 Å². The molecular formula is C14H12Cl2N2O6S.